The number of nitrogens with zero attached hydrogens (tertiary/aromatic N) is 1. The Bertz CT molecular complexity index is 474. The summed E-state index contributed by atoms with van der Waals surface area (Å²) in [6.45, 7) is 6.81. The van der Waals surface area contributed by atoms with Crippen molar-refractivity contribution in [2.24, 2.45) is 11.8 Å². The first-order valence-corrected chi connectivity index (χ1v) is 7.83. The minimum atomic E-state index is -0.831. The Morgan fingerprint density at radius 2 is 2.10 bits per heavy atom. The van der Waals surface area contributed by atoms with Crippen molar-refractivity contribution in [1.29, 1.82) is 0 Å². The molecule has 0 aliphatic heterocycles. The molecule has 0 fully saturated rings. The molecule has 118 valence electrons. The van der Waals surface area contributed by atoms with Crippen LogP contribution in [0.1, 0.15) is 36.6 Å². The standard InChI is InChI=1S/C14H23N3O3S/c1-9(2)4-11(5-13(18)19)6-16-14(20)17-8-12-7-15-10(3)21-12/h7,9,11H,4-6,8H2,1-3H3,(H,18,19)(H2,16,17,20)/t11-/m0/s1. The third-order valence-corrected chi connectivity index (χ3v) is 3.82. The van der Waals surface area contributed by atoms with Gasteiger partial charge in [0.05, 0.1) is 11.6 Å². The van der Waals surface area contributed by atoms with Gasteiger partial charge in [0.15, 0.2) is 0 Å². The molecule has 1 aromatic heterocycles. The topological polar surface area (TPSA) is 91.3 Å². The second-order valence-corrected chi connectivity index (χ2v) is 6.82. The molecule has 7 heteroatoms. The lowest BCUT2D eigenvalue weighted by atomic mass is 9.94. The number of amides is 2. The largest absolute Gasteiger partial charge is 0.481 e. The zero-order chi connectivity index (χ0) is 15.8. The molecule has 0 saturated heterocycles. The molecule has 1 aromatic rings. The highest BCUT2D eigenvalue weighted by Crippen LogP contribution is 2.14. The van der Waals surface area contributed by atoms with E-state index < -0.39 is 5.97 Å². The Hall–Kier alpha value is -1.63. The quantitative estimate of drug-likeness (QED) is 0.687. The number of aromatic nitrogens is 1. The van der Waals surface area contributed by atoms with Crippen LogP contribution in [-0.4, -0.2) is 28.6 Å². The summed E-state index contributed by atoms with van der Waals surface area (Å²) in [4.78, 5) is 27.6. The van der Waals surface area contributed by atoms with E-state index in [1.165, 1.54) is 11.3 Å². The molecule has 0 unspecified atom stereocenters. The van der Waals surface area contributed by atoms with Crippen LogP contribution in [0.3, 0.4) is 0 Å². The van der Waals surface area contributed by atoms with Gasteiger partial charge in [0.25, 0.3) is 0 Å². The number of aryl methyl sites for hydroxylation is 1. The summed E-state index contributed by atoms with van der Waals surface area (Å²) in [5.41, 5.74) is 0. The Kier molecular flexibility index (Phi) is 7.14. The first-order chi connectivity index (χ1) is 9.86. The van der Waals surface area contributed by atoms with Crippen LogP contribution in [0.5, 0.6) is 0 Å². The van der Waals surface area contributed by atoms with Crippen molar-refractivity contribution in [3.05, 3.63) is 16.1 Å². The Labute approximate surface area is 129 Å². The molecule has 21 heavy (non-hydrogen) atoms. The number of carboxylic acid groups (broad SMARTS) is 1. The highest BCUT2D eigenvalue weighted by Gasteiger charge is 2.16. The average molecular weight is 313 g/mol. The Morgan fingerprint density at radius 1 is 1.38 bits per heavy atom. The summed E-state index contributed by atoms with van der Waals surface area (Å²) in [5, 5.41) is 15.3. The van der Waals surface area contributed by atoms with Crippen molar-refractivity contribution in [2.75, 3.05) is 6.54 Å². The van der Waals surface area contributed by atoms with Gasteiger partial charge in [-0.15, -0.1) is 11.3 Å². The van der Waals surface area contributed by atoms with Crippen molar-refractivity contribution < 1.29 is 14.7 Å². The third-order valence-electron chi connectivity index (χ3n) is 2.91. The average Bonchev–Trinajstić information content (AvgIpc) is 2.78. The van der Waals surface area contributed by atoms with Gasteiger partial charge in [-0.05, 0) is 25.2 Å². The van der Waals surface area contributed by atoms with Crippen LogP contribution < -0.4 is 10.6 Å². The lowest BCUT2D eigenvalue weighted by Crippen LogP contribution is -2.38. The molecule has 1 rings (SSSR count). The summed E-state index contributed by atoms with van der Waals surface area (Å²) >= 11 is 1.54. The van der Waals surface area contributed by atoms with Crippen molar-refractivity contribution in [2.45, 2.75) is 40.2 Å². The monoisotopic (exact) mass is 313 g/mol. The summed E-state index contributed by atoms with van der Waals surface area (Å²) in [6, 6.07) is -0.278. The fourth-order valence-corrected chi connectivity index (χ4v) is 2.84. The normalized spacial score (nSPS) is 12.2. The molecule has 0 bridgehead atoms. The molecule has 0 radical (unpaired) electrons. The Morgan fingerprint density at radius 3 is 2.62 bits per heavy atom. The van der Waals surface area contributed by atoms with E-state index in [-0.39, 0.29) is 18.4 Å². The number of hydrogen-bond donors (Lipinski definition) is 3. The third kappa shape index (κ3) is 7.65. The molecule has 1 heterocycles. The van der Waals surface area contributed by atoms with Crippen molar-refractivity contribution in [3.8, 4) is 0 Å². The number of urea groups is 1. The molecular weight excluding hydrogens is 290 g/mol. The van der Waals surface area contributed by atoms with E-state index in [1.54, 1.807) is 6.20 Å². The van der Waals surface area contributed by atoms with Gasteiger partial charge < -0.3 is 15.7 Å². The number of carbonyl (C=O) groups is 2. The molecule has 0 aliphatic carbocycles. The van der Waals surface area contributed by atoms with Crippen LogP contribution in [0.15, 0.2) is 6.20 Å². The maximum Gasteiger partial charge on any atom is 0.315 e. The number of rotatable bonds is 8. The van der Waals surface area contributed by atoms with Crippen LogP contribution in [0.4, 0.5) is 4.79 Å². The van der Waals surface area contributed by atoms with E-state index in [0.717, 1.165) is 16.3 Å². The van der Waals surface area contributed by atoms with Crippen molar-refractivity contribution in [1.82, 2.24) is 15.6 Å². The van der Waals surface area contributed by atoms with Gasteiger partial charge in [-0.2, -0.15) is 0 Å². The highest BCUT2D eigenvalue weighted by atomic mass is 32.1. The molecule has 0 aliphatic rings. The van der Waals surface area contributed by atoms with Crippen molar-refractivity contribution >= 4 is 23.3 Å². The van der Waals surface area contributed by atoms with Gasteiger partial charge in [-0.25, -0.2) is 9.78 Å². The van der Waals surface area contributed by atoms with Gasteiger partial charge in [0.1, 0.15) is 0 Å². The molecule has 0 spiro atoms. The van der Waals surface area contributed by atoms with Gasteiger partial charge in [0.2, 0.25) is 0 Å². The first kappa shape index (κ1) is 17.4. The van der Waals surface area contributed by atoms with Crippen molar-refractivity contribution in [3.63, 3.8) is 0 Å². The predicted octanol–water partition coefficient (Wildman–Crippen LogP) is 2.39. The molecule has 3 N–H and O–H groups in total. The predicted molar refractivity (Wildman–Crippen MR) is 82.3 cm³/mol. The van der Waals surface area contributed by atoms with Gasteiger partial charge in [-0.3, -0.25) is 4.79 Å². The molecule has 2 amide bonds. The lowest BCUT2D eigenvalue weighted by Gasteiger charge is -2.17. The number of aliphatic carboxylic acids is 1. The summed E-state index contributed by atoms with van der Waals surface area (Å²) < 4.78 is 0. The minimum Gasteiger partial charge on any atom is -0.481 e. The van der Waals surface area contributed by atoms with Gasteiger partial charge >= 0.3 is 12.0 Å². The summed E-state index contributed by atoms with van der Waals surface area (Å²) in [7, 11) is 0. The fraction of sp³-hybridized carbons (Fsp3) is 0.643. The number of nitrogens with one attached hydrogen (secondary N) is 2. The molecule has 0 saturated carbocycles. The van der Waals surface area contributed by atoms with E-state index in [9.17, 15) is 9.59 Å². The second-order valence-electron chi connectivity index (χ2n) is 5.50. The zero-order valence-corrected chi connectivity index (χ0v) is 13.5. The smallest absolute Gasteiger partial charge is 0.315 e. The highest BCUT2D eigenvalue weighted by molar-refractivity contribution is 7.11. The maximum atomic E-state index is 11.7. The molecular formula is C14H23N3O3S. The first-order valence-electron chi connectivity index (χ1n) is 7.01. The van der Waals surface area contributed by atoms with E-state index >= 15 is 0 Å². The van der Waals surface area contributed by atoms with Crippen LogP contribution in [0.25, 0.3) is 0 Å². The molecule has 0 aromatic carbocycles. The number of carbonyl (C=O) groups excluding carboxylic acids is 1. The lowest BCUT2D eigenvalue weighted by molar-refractivity contribution is -0.138. The fourth-order valence-electron chi connectivity index (χ4n) is 2.11. The SMILES string of the molecule is Cc1ncc(CNC(=O)NC[C@H](CC(=O)O)CC(C)C)s1. The molecule has 1 atom stereocenters. The van der Waals surface area contributed by atoms with E-state index in [1.807, 2.05) is 20.8 Å². The minimum absolute atomic E-state index is 0.0427. The van der Waals surface area contributed by atoms with Gasteiger partial charge in [-0.1, -0.05) is 13.8 Å². The molecule has 6 nitrogen and oxygen atoms in total. The van der Waals surface area contributed by atoms with E-state index in [0.29, 0.717) is 19.0 Å². The van der Waals surface area contributed by atoms with E-state index in [2.05, 4.69) is 15.6 Å². The van der Waals surface area contributed by atoms with Crippen LogP contribution in [0.2, 0.25) is 0 Å². The number of thiazole rings is 1. The second kappa shape index (κ2) is 8.61. The van der Waals surface area contributed by atoms with Gasteiger partial charge in [0, 0.05) is 24.0 Å². The van der Waals surface area contributed by atoms with E-state index in [4.69, 9.17) is 5.11 Å². The number of hydrogen-bond acceptors (Lipinski definition) is 4. The van der Waals surface area contributed by atoms with Crippen LogP contribution in [-0.2, 0) is 11.3 Å². The summed E-state index contributed by atoms with van der Waals surface area (Å²) in [6.07, 6.45) is 2.60. The Balaban J connectivity index is 2.33. The summed E-state index contributed by atoms with van der Waals surface area (Å²) in [5.74, 6) is -0.471. The zero-order valence-electron chi connectivity index (χ0n) is 12.7. The maximum absolute atomic E-state index is 11.7. The van der Waals surface area contributed by atoms with Crippen LogP contribution >= 0.6 is 11.3 Å². The van der Waals surface area contributed by atoms with Crippen LogP contribution in [0, 0.1) is 18.8 Å². The number of carboxylic acids is 1.